The monoisotopic (exact) mass is 234 g/mol. The largest absolute Gasteiger partial charge is 0.396 e. The number of rotatable bonds is 3. The van der Waals surface area contributed by atoms with Crippen LogP contribution in [-0.2, 0) is 13.6 Å². The Bertz CT molecular complexity index is 541. The number of anilines is 1. The van der Waals surface area contributed by atoms with E-state index in [1.165, 1.54) is 6.20 Å². The molecule has 7 nitrogen and oxygen atoms in total. The first-order valence-electron chi connectivity index (χ1n) is 5.14. The zero-order chi connectivity index (χ0) is 12.4. The maximum Gasteiger partial charge on any atom is 0.271 e. The molecule has 0 unspecified atom stereocenters. The van der Waals surface area contributed by atoms with Gasteiger partial charge in [0.2, 0.25) is 0 Å². The van der Waals surface area contributed by atoms with Gasteiger partial charge in [0.15, 0.2) is 0 Å². The van der Waals surface area contributed by atoms with Gasteiger partial charge in [0.1, 0.15) is 5.69 Å². The van der Waals surface area contributed by atoms with E-state index in [1.54, 1.807) is 10.9 Å². The van der Waals surface area contributed by atoms with E-state index in [9.17, 15) is 4.79 Å². The van der Waals surface area contributed by atoms with Crippen molar-refractivity contribution in [2.24, 2.45) is 7.05 Å². The van der Waals surface area contributed by atoms with E-state index < -0.39 is 0 Å². The van der Waals surface area contributed by atoms with Gasteiger partial charge in [-0.1, -0.05) is 0 Å². The summed E-state index contributed by atoms with van der Waals surface area (Å²) in [5.74, 6) is -0.275. The highest BCUT2D eigenvalue weighted by molar-refractivity contribution is 5.96. The summed E-state index contributed by atoms with van der Waals surface area (Å²) in [5.41, 5.74) is 8.18. The zero-order valence-corrected chi connectivity index (χ0v) is 9.69. The fraction of sp³-hybridized carbons (Fsp3) is 0.300. The van der Waals surface area contributed by atoms with Crippen molar-refractivity contribution in [1.82, 2.24) is 25.3 Å². The van der Waals surface area contributed by atoms with Crippen LogP contribution in [0.1, 0.15) is 21.7 Å². The lowest BCUT2D eigenvalue weighted by Crippen LogP contribution is -2.24. The summed E-state index contributed by atoms with van der Waals surface area (Å²) in [7, 11) is 1.85. The second kappa shape index (κ2) is 4.28. The number of aromatic nitrogens is 4. The number of nitrogens with zero attached hydrogens (tertiary/aromatic N) is 3. The Hall–Kier alpha value is -2.31. The van der Waals surface area contributed by atoms with E-state index in [0.29, 0.717) is 12.2 Å². The average molecular weight is 234 g/mol. The summed E-state index contributed by atoms with van der Waals surface area (Å²) >= 11 is 0. The molecule has 0 saturated carbocycles. The van der Waals surface area contributed by atoms with Crippen molar-refractivity contribution in [3.8, 4) is 0 Å². The minimum atomic E-state index is -0.275. The minimum Gasteiger partial charge on any atom is -0.396 e. The number of nitrogens with one attached hydrogen (secondary N) is 2. The Labute approximate surface area is 98.0 Å². The van der Waals surface area contributed by atoms with Crippen LogP contribution in [0.15, 0.2) is 12.4 Å². The number of hydrogen-bond donors (Lipinski definition) is 3. The molecule has 17 heavy (non-hydrogen) atoms. The van der Waals surface area contributed by atoms with Gasteiger partial charge in [-0.25, -0.2) is 0 Å². The highest BCUT2D eigenvalue weighted by Gasteiger charge is 2.12. The van der Waals surface area contributed by atoms with Gasteiger partial charge in [-0.3, -0.25) is 14.6 Å². The standard InChI is InChI=1S/C10H14N6O/c1-6-7(4-14-16(6)2)3-12-10(17)9-8(11)5-13-15-9/h4-5H,3,11H2,1-2H3,(H,12,17)(H,13,15). The van der Waals surface area contributed by atoms with Crippen LogP contribution in [0.25, 0.3) is 0 Å². The van der Waals surface area contributed by atoms with Gasteiger partial charge in [0, 0.05) is 24.8 Å². The van der Waals surface area contributed by atoms with Crippen molar-refractivity contribution in [3.63, 3.8) is 0 Å². The average Bonchev–Trinajstić information content (AvgIpc) is 2.85. The lowest BCUT2D eigenvalue weighted by atomic mass is 10.2. The van der Waals surface area contributed by atoms with Gasteiger partial charge in [-0.05, 0) is 6.92 Å². The summed E-state index contributed by atoms with van der Waals surface area (Å²) in [6.07, 6.45) is 3.14. The summed E-state index contributed by atoms with van der Waals surface area (Å²) in [4.78, 5) is 11.7. The highest BCUT2D eigenvalue weighted by Crippen LogP contribution is 2.08. The van der Waals surface area contributed by atoms with Crippen molar-refractivity contribution in [1.29, 1.82) is 0 Å². The van der Waals surface area contributed by atoms with Crippen LogP contribution in [0.3, 0.4) is 0 Å². The first-order valence-corrected chi connectivity index (χ1v) is 5.14. The molecule has 0 bridgehead atoms. The third-order valence-corrected chi connectivity index (χ3v) is 2.67. The van der Waals surface area contributed by atoms with E-state index in [0.717, 1.165) is 11.3 Å². The topological polar surface area (TPSA) is 102 Å². The predicted octanol–water partition coefficient (Wildman–Crippen LogP) is -0.0362. The molecular formula is C10H14N6O. The van der Waals surface area contributed by atoms with E-state index >= 15 is 0 Å². The van der Waals surface area contributed by atoms with Gasteiger partial charge >= 0.3 is 0 Å². The third-order valence-electron chi connectivity index (χ3n) is 2.67. The van der Waals surface area contributed by atoms with Crippen LogP contribution in [0.4, 0.5) is 5.69 Å². The Morgan fingerprint density at radius 2 is 2.35 bits per heavy atom. The summed E-state index contributed by atoms with van der Waals surface area (Å²) in [5, 5.41) is 13.1. The van der Waals surface area contributed by atoms with Gasteiger partial charge in [0.05, 0.1) is 18.1 Å². The molecule has 1 amide bonds. The number of hydrogen-bond acceptors (Lipinski definition) is 4. The number of carbonyl (C=O) groups excluding carboxylic acids is 1. The Kier molecular flexibility index (Phi) is 2.82. The van der Waals surface area contributed by atoms with Gasteiger partial charge in [-0.2, -0.15) is 10.2 Å². The predicted molar refractivity (Wildman–Crippen MR) is 62.1 cm³/mol. The van der Waals surface area contributed by atoms with Crippen molar-refractivity contribution in [2.45, 2.75) is 13.5 Å². The first kappa shape index (κ1) is 11.2. The van der Waals surface area contributed by atoms with E-state index in [2.05, 4.69) is 20.6 Å². The highest BCUT2D eigenvalue weighted by atomic mass is 16.1. The summed E-state index contributed by atoms with van der Waals surface area (Å²) in [6.45, 7) is 2.36. The molecule has 0 aliphatic rings. The smallest absolute Gasteiger partial charge is 0.271 e. The normalized spacial score (nSPS) is 10.5. The number of amides is 1. The molecular weight excluding hydrogens is 220 g/mol. The molecule has 2 aromatic rings. The van der Waals surface area contributed by atoms with Crippen LogP contribution in [-0.4, -0.2) is 25.9 Å². The van der Waals surface area contributed by atoms with Crippen LogP contribution >= 0.6 is 0 Å². The van der Waals surface area contributed by atoms with E-state index in [1.807, 2.05) is 14.0 Å². The first-order chi connectivity index (χ1) is 8.09. The second-order valence-corrected chi connectivity index (χ2v) is 3.76. The van der Waals surface area contributed by atoms with Crippen molar-refractivity contribution in [2.75, 3.05) is 5.73 Å². The molecule has 0 saturated heterocycles. The quantitative estimate of drug-likeness (QED) is 0.693. The molecule has 0 fully saturated rings. The second-order valence-electron chi connectivity index (χ2n) is 3.76. The maximum absolute atomic E-state index is 11.7. The SMILES string of the molecule is Cc1c(CNC(=O)c2[nH]ncc2N)cnn1C. The zero-order valence-electron chi connectivity index (χ0n) is 9.69. The van der Waals surface area contributed by atoms with Crippen molar-refractivity contribution in [3.05, 3.63) is 29.3 Å². The molecule has 0 spiro atoms. The molecule has 2 heterocycles. The number of nitrogens with two attached hydrogens (primary N) is 1. The van der Waals surface area contributed by atoms with Crippen molar-refractivity contribution >= 4 is 11.6 Å². The Morgan fingerprint density at radius 3 is 2.88 bits per heavy atom. The summed E-state index contributed by atoms with van der Waals surface area (Å²) < 4.78 is 1.76. The molecule has 2 rings (SSSR count). The maximum atomic E-state index is 11.7. The number of aromatic amines is 1. The Balaban J connectivity index is 2.02. The molecule has 0 aliphatic carbocycles. The number of carbonyl (C=O) groups is 1. The van der Waals surface area contributed by atoms with Gasteiger partial charge in [0.25, 0.3) is 5.91 Å². The van der Waals surface area contributed by atoms with Crippen molar-refractivity contribution < 1.29 is 4.79 Å². The lowest BCUT2D eigenvalue weighted by molar-refractivity contribution is 0.0946. The van der Waals surface area contributed by atoms with E-state index in [-0.39, 0.29) is 11.6 Å². The molecule has 90 valence electrons. The van der Waals surface area contributed by atoms with Crippen LogP contribution in [0.5, 0.6) is 0 Å². The van der Waals surface area contributed by atoms with Gasteiger partial charge in [-0.15, -0.1) is 0 Å². The third kappa shape index (κ3) is 2.12. The van der Waals surface area contributed by atoms with Crippen LogP contribution in [0, 0.1) is 6.92 Å². The molecule has 0 atom stereocenters. The minimum absolute atomic E-state index is 0.275. The van der Waals surface area contributed by atoms with Crippen LogP contribution < -0.4 is 11.1 Å². The molecule has 7 heteroatoms. The van der Waals surface area contributed by atoms with Gasteiger partial charge < -0.3 is 11.1 Å². The Morgan fingerprint density at radius 1 is 1.59 bits per heavy atom. The van der Waals surface area contributed by atoms with E-state index in [4.69, 9.17) is 5.73 Å². The molecule has 0 aliphatic heterocycles. The number of nitrogen functional groups attached to an aromatic ring is 1. The lowest BCUT2D eigenvalue weighted by Gasteiger charge is -2.03. The molecule has 0 radical (unpaired) electrons. The molecule has 0 aromatic carbocycles. The fourth-order valence-corrected chi connectivity index (χ4v) is 1.46. The molecule has 4 N–H and O–H groups in total. The summed E-state index contributed by atoms with van der Waals surface area (Å²) in [6, 6.07) is 0. The number of aryl methyl sites for hydroxylation is 1. The molecule has 2 aromatic heterocycles. The number of H-pyrrole nitrogens is 1. The van der Waals surface area contributed by atoms with Crippen LogP contribution in [0.2, 0.25) is 0 Å². The fourth-order valence-electron chi connectivity index (χ4n) is 1.46.